The normalized spacial score (nSPS) is 28.8. The lowest BCUT2D eigenvalue weighted by Gasteiger charge is -2.22. The van der Waals surface area contributed by atoms with Gasteiger partial charge in [-0.05, 0) is 48.7 Å². The molecule has 1 heterocycles. The zero-order chi connectivity index (χ0) is 19.8. The Balaban J connectivity index is 1.57. The van der Waals surface area contributed by atoms with Gasteiger partial charge in [-0.3, -0.25) is 9.98 Å². The maximum Gasteiger partial charge on any atom is 0.128 e. The number of ether oxygens (including phenoxy) is 1. The maximum absolute atomic E-state index is 13.5. The molecule has 0 radical (unpaired) electrons. The van der Waals surface area contributed by atoms with E-state index in [4.69, 9.17) is 4.74 Å². The number of rotatable bonds is 4. The third-order valence-electron chi connectivity index (χ3n) is 5.68. The van der Waals surface area contributed by atoms with Gasteiger partial charge >= 0.3 is 0 Å². The zero-order valence-corrected chi connectivity index (χ0v) is 15.8. The number of hydrogen-bond acceptors (Lipinski definition) is 5. The van der Waals surface area contributed by atoms with Crippen LogP contribution in [-0.2, 0) is 0 Å². The molecule has 1 unspecified atom stereocenters. The molecule has 28 heavy (non-hydrogen) atoms. The molecule has 2 N–H and O–H groups in total. The van der Waals surface area contributed by atoms with Crippen LogP contribution in [0.3, 0.4) is 0 Å². The Hall–Kier alpha value is -2.57. The molecule has 5 atom stereocenters. The summed E-state index contributed by atoms with van der Waals surface area (Å²) in [6.07, 6.45) is 5.25. The second-order valence-electron chi connectivity index (χ2n) is 7.42. The van der Waals surface area contributed by atoms with Crippen LogP contribution >= 0.6 is 0 Å². The van der Waals surface area contributed by atoms with Crippen LogP contribution in [0.25, 0.3) is 6.08 Å². The number of allylic oxidation sites excluding steroid dienone is 1. The minimum atomic E-state index is -1.04. The summed E-state index contributed by atoms with van der Waals surface area (Å²) < 4.78 is 19.5. The van der Waals surface area contributed by atoms with Gasteiger partial charge in [0.1, 0.15) is 23.8 Å². The van der Waals surface area contributed by atoms with Gasteiger partial charge in [0.15, 0.2) is 0 Å². The number of fused-ring (bicyclic) bond motifs is 1. The highest BCUT2D eigenvalue weighted by Crippen LogP contribution is 2.44. The van der Waals surface area contributed by atoms with Crippen molar-refractivity contribution in [3.05, 3.63) is 64.7 Å². The minimum Gasteiger partial charge on any atom is -0.487 e. The van der Waals surface area contributed by atoms with Crippen molar-refractivity contribution in [3.8, 4) is 5.75 Å². The highest BCUT2D eigenvalue weighted by molar-refractivity contribution is 5.83. The van der Waals surface area contributed by atoms with Crippen molar-refractivity contribution in [3.63, 3.8) is 0 Å². The van der Waals surface area contributed by atoms with Crippen LogP contribution in [-0.4, -0.2) is 46.8 Å². The highest BCUT2D eigenvalue weighted by Gasteiger charge is 2.47. The summed E-state index contributed by atoms with van der Waals surface area (Å²) in [5.74, 6) is -0.241. The molecule has 1 fully saturated rings. The molecule has 146 valence electrons. The Kier molecular flexibility index (Phi) is 5.00. The zero-order valence-electron chi connectivity index (χ0n) is 15.8. The number of aliphatic imine (C=N–C) groups is 1. The number of hydrogen-bond donors (Lipinski definition) is 2. The summed E-state index contributed by atoms with van der Waals surface area (Å²) in [5.41, 5.74) is 3.64. The molecule has 0 aliphatic heterocycles. The molecule has 0 spiro atoms. The summed E-state index contributed by atoms with van der Waals surface area (Å²) in [5, 5.41) is 21.3. The van der Waals surface area contributed by atoms with Gasteiger partial charge in [0.2, 0.25) is 0 Å². The van der Waals surface area contributed by atoms with Crippen LogP contribution in [0.5, 0.6) is 5.75 Å². The molecule has 4 rings (SSSR count). The summed E-state index contributed by atoms with van der Waals surface area (Å²) in [4.78, 5) is 8.43. The van der Waals surface area contributed by atoms with Gasteiger partial charge in [0.05, 0.1) is 11.8 Å². The molecule has 6 heteroatoms. The van der Waals surface area contributed by atoms with Crippen molar-refractivity contribution >= 4 is 12.3 Å². The van der Waals surface area contributed by atoms with E-state index >= 15 is 0 Å². The lowest BCUT2D eigenvalue weighted by Crippen LogP contribution is -2.34. The van der Waals surface area contributed by atoms with Crippen molar-refractivity contribution < 1.29 is 19.3 Å². The predicted octanol–water partition coefficient (Wildman–Crippen LogP) is 2.88. The predicted molar refractivity (Wildman–Crippen MR) is 105 cm³/mol. The second kappa shape index (κ2) is 7.45. The number of halogens is 1. The summed E-state index contributed by atoms with van der Waals surface area (Å²) >= 11 is 0. The van der Waals surface area contributed by atoms with E-state index in [2.05, 4.69) is 9.98 Å². The number of aromatic nitrogens is 1. The number of aryl methyl sites for hydroxylation is 1. The third kappa shape index (κ3) is 3.23. The summed E-state index contributed by atoms with van der Waals surface area (Å²) in [6.45, 7) is 2.03. The summed E-state index contributed by atoms with van der Waals surface area (Å²) in [7, 11) is 1.59. The van der Waals surface area contributed by atoms with E-state index in [0.717, 1.165) is 16.8 Å². The van der Waals surface area contributed by atoms with Gasteiger partial charge < -0.3 is 14.9 Å². The lowest BCUT2D eigenvalue weighted by atomic mass is 9.87. The van der Waals surface area contributed by atoms with Crippen LogP contribution in [0.2, 0.25) is 0 Å². The molecule has 1 saturated carbocycles. The topological polar surface area (TPSA) is 74.9 Å². The molecule has 5 nitrogen and oxygen atoms in total. The molecule has 0 bridgehead atoms. The van der Waals surface area contributed by atoms with Crippen LogP contribution in [0.4, 0.5) is 4.39 Å². The number of aliphatic hydroxyl groups is 2. The first-order valence-electron chi connectivity index (χ1n) is 9.37. The molecule has 2 aromatic rings. The first-order valence-corrected chi connectivity index (χ1v) is 9.37. The average Bonchev–Trinajstić information content (AvgIpc) is 3.21. The van der Waals surface area contributed by atoms with Crippen molar-refractivity contribution in [2.24, 2.45) is 10.9 Å². The Morgan fingerprint density at radius 2 is 2.07 bits per heavy atom. The number of pyridine rings is 1. The smallest absolute Gasteiger partial charge is 0.128 e. The molecule has 0 amide bonds. The Morgan fingerprint density at radius 1 is 1.25 bits per heavy atom. The van der Waals surface area contributed by atoms with E-state index in [1.807, 2.05) is 25.1 Å². The first kappa shape index (κ1) is 18.8. The van der Waals surface area contributed by atoms with Gasteiger partial charge in [0.25, 0.3) is 0 Å². The van der Waals surface area contributed by atoms with Gasteiger partial charge in [-0.1, -0.05) is 12.2 Å². The highest BCUT2D eigenvalue weighted by atomic mass is 19.1. The lowest BCUT2D eigenvalue weighted by molar-refractivity contribution is -0.0193. The molecule has 2 aliphatic rings. The van der Waals surface area contributed by atoms with Gasteiger partial charge in [-0.15, -0.1) is 0 Å². The third-order valence-corrected chi connectivity index (χ3v) is 5.68. The Morgan fingerprint density at radius 3 is 2.86 bits per heavy atom. The fraction of sp³-hybridized carbons (Fsp3) is 0.364. The van der Waals surface area contributed by atoms with E-state index < -0.39 is 18.3 Å². The summed E-state index contributed by atoms with van der Waals surface area (Å²) in [6, 6.07) is 6.12. The minimum absolute atomic E-state index is 0.0713. The fourth-order valence-electron chi connectivity index (χ4n) is 4.24. The van der Waals surface area contributed by atoms with Crippen LogP contribution in [0, 0.1) is 18.7 Å². The van der Waals surface area contributed by atoms with Crippen LogP contribution in [0.15, 0.2) is 41.5 Å². The largest absolute Gasteiger partial charge is 0.487 e. The Labute approximate surface area is 163 Å². The molecule has 2 aliphatic carbocycles. The van der Waals surface area contributed by atoms with Crippen molar-refractivity contribution in [1.82, 2.24) is 4.98 Å². The van der Waals surface area contributed by atoms with Crippen molar-refractivity contribution in [1.29, 1.82) is 0 Å². The molecular weight excluding hydrogens is 359 g/mol. The molecule has 1 aromatic carbocycles. The van der Waals surface area contributed by atoms with E-state index in [9.17, 15) is 14.6 Å². The molecular formula is C22H23FN2O3. The van der Waals surface area contributed by atoms with Gasteiger partial charge in [-0.2, -0.15) is 0 Å². The van der Waals surface area contributed by atoms with Crippen molar-refractivity contribution in [2.45, 2.75) is 37.6 Å². The number of aliphatic hydroxyl groups excluding tert-OH is 2. The molecule has 1 aromatic heterocycles. The number of benzene rings is 1. The fourth-order valence-corrected chi connectivity index (χ4v) is 4.24. The SMILES string of the molecule is CN=Cc1cc(F)ccc1O[C@@H]1CC([C@@H]2C=Cc3c(C)ccnc32)[C@@H](O)[C@H]1O. The number of nitrogens with zero attached hydrogens (tertiary/aromatic N) is 2. The van der Waals surface area contributed by atoms with Crippen LogP contribution < -0.4 is 4.74 Å². The van der Waals surface area contributed by atoms with Crippen molar-refractivity contribution in [2.75, 3.05) is 7.05 Å². The van der Waals surface area contributed by atoms with Gasteiger partial charge in [0, 0.05) is 36.9 Å². The van der Waals surface area contributed by atoms with E-state index in [1.165, 1.54) is 24.4 Å². The Bertz CT molecular complexity index is 943. The average molecular weight is 382 g/mol. The van der Waals surface area contributed by atoms with E-state index in [-0.39, 0.29) is 17.7 Å². The molecule has 0 saturated heterocycles. The maximum atomic E-state index is 13.5. The quantitative estimate of drug-likeness (QED) is 0.798. The monoisotopic (exact) mass is 382 g/mol. The standard InChI is InChI=1S/C22H23FN2O3/c1-12-7-8-25-20-15(12)4-5-16(20)17-10-19(22(27)21(17)26)28-18-6-3-14(23)9-13(18)11-24-2/h3-9,11,16-17,19,21-22,26-27H,10H2,1-2H3/t16-,17?,19+,21+,22-/m0/s1. The van der Waals surface area contributed by atoms with Gasteiger partial charge in [-0.25, -0.2) is 4.39 Å². The van der Waals surface area contributed by atoms with E-state index in [1.54, 1.807) is 13.2 Å². The van der Waals surface area contributed by atoms with Crippen LogP contribution in [0.1, 0.15) is 34.7 Å². The second-order valence-corrected chi connectivity index (χ2v) is 7.42. The van der Waals surface area contributed by atoms with E-state index in [0.29, 0.717) is 17.7 Å². The first-order chi connectivity index (χ1) is 13.5.